The van der Waals surface area contributed by atoms with E-state index in [2.05, 4.69) is 15.4 Å². The van der Waals surface area contributed by atoms with Gasteiger partial charge in [-0.2, -0.15) is 5.10 Å². The number of carbonyl (C=O) groups excluding carboxylic acids is 1. The number of pyridine rings is 1. The van der Waals surface area contributed by atoms with Crippen molar-refractivity contribution in [3.8, 4) is 5.88 Å². The second kappa shape index (κ2) is 8.51. The van der Waals surface area contributed by atoms with Crippen LogP contribution in [-0.2, 0) is 11.3 Å². The third-order valence-electron chi connectivity index (χ3n) is 3.90. The van der Waals surface area contributed by atoms with Crippen LogP contribution in [0.5, 0.6) is 5.88 Å². The molecule has 6 nitrogen and oxygen atoms in total. The predicted molar refractivity (Wildman–Crippen MR) is 106 cm³/mol. The molecule has 0 saturated carbocycles. The van der Waals surface area contributed by atoms with Gasteiger partial charge in [0.2, 0.25) is 11.8 Å². The highest BCUT2D eigenvalue weighted by Gasteiger charge is 2.12. The van der Waals surface area contributed by atoms with E-state index in [1.807, 2.05) is 37.3 Å². The van der Waals surface area contributed by atoms with E-state index in [1.54, 1.807) is 22.9 Å². The standard InChI is InChI=1S/C20H19ClN4O2/c1-14-17(20(21)25(24-14)13-15-6-4-3-5-7-15)9-10-18(26)23-16-8-11-19(27-2)22-12-16/h3-12H,13H2,1-2H3,(H,23,26)/b10-9+. The number of amides is 1. The SMILES string of the molecule is COc1ccc(NC(=O)/C=C/c2c(C)nn(Cc3ccccc3)c2Cl)cn1. The fourth-order valence-electron chi connectivity index (χ4n) is 2.54. The molecule has 2 heterocycles. The molecule has 2 aromatic heterocycles. The Hall–Kier alpha value is -3.12. The lowest BCUT2D eigenvalue weighted by Crippen LogP contribution is -2.08. The monoisotopic (exact) mass is 382 g/mol. The lowest BCUT2D eigenvalue weighted by atomic mass is 10.2. The van der Waals surface area contributed by atoms with Crippen molar-refractivity contribution in [3.05, 3.63) is 76.7 Å². The van der Waals surface area contributed by atoms with E-state index in [9.17, 15) is 4.79 Å². The van der Waals surface area contributed by atoms with Gasteiger partial charge in [0.15, 0.2) is 0 Å². The second-order valence-electron chi connectivity index (χ2n) is 5.84. The molecule has 0 radical (unpaired) electrons. The molecule has 1 amide bonds. The molecule has 0 atom stereocenters. The van der Waals surface area contributed by atoms with Gasteiger partial charge in [-0.1, -0.05) is 41.9 Å². The van der Waals surface area contributed by atoms with Gasteiger partial charge in [-0.3, -0.25) is 4.79 Å². The maximum absolute atomic E-state index is 12.1. The van der Waals surface area contributed by atoms with E-state index in [-0.39, 0.29) is 5.91 Å². The molecule has 1 aromatic carbocycles. The van der Waals surface area contributed by atoms with E-state index in [4.69, 9.17) is 16.3 Å². The predicted octanol–water partition coefficient (Wildman–Crippen LogP) is 3.95. The molecule has 138 valence electrons. The van der Waals surface area contributed by atoms with Gasteiger partial charge < -0.3 is 10.1 Å². The summed E-state index contributed by atoms with van der Waals surface area (Å²) in [5.74, 6) is 0.199. The van der Waals surface area contributed by atoms with Crippen molar-refractivity contribution in [3.63, 3.8) is 0 Å². The molecule has 1 N–H and O–H groups in total. The first-order chi connectivity index (χ1) is 13.1. The molecule has 3 aromatic rings. The normalized spacial score (nSPS) is 10.9. The fraction of sp³-hybridized carbons (Fsp3) is 0.150. The van der Waals surface area contributed by atoms with Crippen LogP contribution in [-0.4, -0.2) is 27.8 Å². The van der Waals surface area contributed by atoms with Crippen LogP contribution >= 0.6 is 11.6 Å². The Labute approximate surface area is 162 Å². The van der Waals surface area contributed by atoms with Crippen LogP contribution in [0.2, 0.25) is 5.15 Å². The van der Waals surface area contributed by atoms with Crippen LogP contribution in [0.3, 0.4) is 0 Å². The number of methoxy groups -OCH3 is 1. The third-order valence-corrected chi connectivity index (χ3v) is 4.30. The quantitative estimate of drug-likeness (QED) is 0.655. The molecule has 7 heteroatoms. The van der Waals surface area contributed by atoms with Gasteiger partial charge in [0.1, 0.15) is 5.15 Å². The number of aryl methyl sites for hydroxylation is 1. The van der Waals surface area contributed by atoms with Crippen molar-refractivity contribution in [1.82, 2.24) is 14.8 Å². The van der Waals surface area contributed by atoms with Crippen molar-refractivity contribution in [2.75, 3.05) is 12.4 Å². The molecule has 0 bridgehead atoms. The summed E-state index contributed by atoms with van der Waals surface area (Å²) < 4.78 is 6.71. The van der Waals surface area contributed by atoms with Gasteiger partial charge in [-0.05, 0) is 24.6 Å². The molecule has 0 aliphatic heterocycles. The molecule has 3 rings (SSSR count). The van der Waals surface area contributed by atoms with E-state index < -0.39 is 0 Å². The third kappa shape index (κ3) is 4.74. The van der Waals surface area contributed by atoms with Crippen molar-refractivity contribution < 1.29 is 9.53 Å². The fourth-order valence-corrected chi connectivity index (χ4v) is 2.83. The first-order valence-corrected chi connectivity index (χ1v) is 8.70. The second-order valence-corrected chi connectivity index (χ2v) is 6.20. The van der Waals surface area contributed by atoms with Crippen molar-refractivity contribution in [2.24, 2.45) is 0 Å². The summed E-state index contributed by atoms with van der Waals surface area (Å²) in [5.41, 5.74) is 3.15. The minimum absolute atomic E-state index is 0.284. The number of hydrogen-bond donors (Lipinski definition) is 1. The van der Waals surface area contributed by atoms with E-state index >= 15 is 0 Å². The lowest BCUT2D eigenvalue weighted by Gasteiger charge is -2.03. The zero-order chi connectivity index (χ0) is 19.2. The van der Waals surface area contributed by atoms with E-state index in [0.717, 1.165) is 16.8 Å². The Kier molecular flexibility index (Phi) is 5.88. The van der Waals surface area contributed by atoms with Gasteiger partial charge in [-0.15, -0.1) is 0 Å². The summed E-state index contributed by atoms with van der Waals surface area (Å²) in [6.07, 6.45) is 4.62. The zero-order valence-corrected chi connectivity index (χ0v) is 15.8. The van der Waals surface area contributed by atoms with Gasteiger partial charge in [0, 0.05) is 17.7 Å². The van der Waals surface area contributed by atoms with Crippen LogP contribution < -0.4 is 10.1 Å². The van der Waals surface area contributed by atoms with Crippen molar-refractivity contribution in [2.45, 2.75) is 13.5 Å². The topological polar surface area (TPSA) is 69.0 Å². The molecule has 0 saturated heterocycles. The number of anilines is 1. The minimum Gasteiger partial charge on any atom is -0.481 e. The first-order valence-electron chi connectivity index (χ1n) is 8.33. The lowest BCUT2D eigenvalue weighted by molar-refractivity contribution is -0.111. The van der Waals surface area contributed by atoms with Crippen molar-refractivity contribution in [1.29, 1.82) is 0 Å². The van der Waals surface area contributed by atoms with Gasteiger partial charge in [-0.25, -0.2) is 9.67 Å². The highest BCUT2D eigenvalue weighted by molar-refractivity contribution is 6.31. The summed E-state index contributed by atoms with van der Waals surface area (Å²) in [4.78, 5) is 16.2. The Morgan fingerprint density at radius 2 is 2.04 bits per heavy atom. The van der Waals surface area contributed by atoms with E-state index in [0.29, 0.717) is 23.3 Å². The molecule has 0 aliphatic carbocycles. The molecule has 0 unspecified atom stereocenters. The van der Waals surface area contributed by atoms with Crippen LogP contribution in [0.4, 0.5) is 5.69 Å². The molecule has 0 fully saturated rings. The number of benzene rings is 1. The van der Waals surface area contributed by atoms with Crippen LogP contribution in [0.1, 0.15) is 16.8 Å². The number of rotatable bonds is 6. The molecular weight excluding hydrogens is 364 g/mol. The minimum atomic E-state index is -0.284. The number of hydrogen-bond acceptors (Lipinski definition) is 4. The Morgan fingerprint density at radius 3 is 2.70 bits per heavy atom. The average Bonchev–Trinajstić information content (AvgIpc) is 2.94. The molecule has 0 spiro atoms. The average molecular weight is 383 g/mol. The number of nitrogens with zero attached hydrogens (tertiary/aromatic N) is 3. The summed E-state index contributed by atoms with van der Waals surface area (Å²) in [6, 6.07) is 13.3. The number of aromatic nitrogens is 3. The highest BCUT2D eigenvalue weighted by atomic mass is 35.5. The Balaban J connectivity index is 1.69. The van der Waals surface area contributed by atoms with Crippen LogP contribution in [0.15, 0.2) is 54.7 Å². The van der Waals surface area contributed by atoms with Crippen LogP contribution in [0.25, 0.3) is 6.08 Å². The van der Waals surface area contributed by atoms with E-state index in [1.165, 1.54) is 19.4 Å². The van der Waals surface area contributed by atoms with Crippen LogP contribution in [0, 0.1) is 6.92 Å². The maximum Gasteiger partial charge on any atom is 0.248 e. The summed E-state index contributed by atoms with van der Waals surface area (Å²) in [5, 5.41) is 7.69. The smallest absolute Gasteiger partial charge is 0.248 e. The molecule has 27 heavy (non-hydrogen) atoms. The Morgan fingerprint density at radius 1 is 1.26 bits per heavy atom. The Bertz CT molecular complexity index is 950. The summed E-state index contributed by atoms with van der Waals surface area (Å²) in [7, 11) is 1.54. The number of nitrogens with one attached hydrogen (secondary N) is 1. The summed E-state index contributed by atoms with van der Waals surface area (Å²) >= 11 is 6.45. The highest BCUT2D eigenvalue weighted by Crippen LogP contribution is 2.22. The van der Waals surface area contributed by atoms with Crippen molar-refractivity contribution >= 4 is 29.3 Å². The van der Waals surface area contributed by atoms with Gasteiger partial charge >= 0.3 is 0 Å². The molecular formula is C20H19ClN4O2. The first kappa shape index (κ1) is 18.7. The number of halogens is 1. The van der Waals surface area contributed by atoms with Gasteiger partial charge in [0.25, 0.3) is 0 Å². The van der Waals surface area contributed by atoms with Gasteiger partial charge in [0.05, 0.1) is 31.2 Å². The summed E-state index contributed by atoms with van der Waals surface area (Å²) in [6.45, 7) is 2.43. The zero-order valence-electron chi connectivity index (χ0n) is 15.0. The maximum atomic E-state index is 12.1. The number of ether oxygens (including phenoxy) is 1. The largest absolute Gasteiger partial charge is 0.481 e. The molecule has 0 aliphatic rings. The number of carbonyl (C=O) groups is 1.